The van der Waals surface area contributed by atoms with Crippen molar-refractivity contribution in [2.45, 2.75) is 6.04 Å². The summed E-state index contributed by atoms with van der Waals surface area (Å²) in [6.07, 6.45) is 3.60. The number of rotatable bonds is 3. The lowest BCUT2D eigenvalue weighted by molar-refractivity contribution is 0.454. The van der Waals surface area contributed by atoms with Crippen LogP contribution < -0.4 is 11.3 Å². The number of nitrogens with zero attached hydrogens (tertiary/aromatic N) is 1. The minimum absolute atomic E-state index is 0.286. The van der Waals surface area contributed by atoms with E-state index in [1.54, 1.807) is 18.3 Å². The number of benzene rings is 1. The maximum atomic E-state index is 5.82. The molecular formula is C14H12ClN3O. The largest absolute Gasteiger partial charge is 0.448 e. The third-order valence-corrected chi connectivity index (χ3v) is 3.26. The Bertz CT molecular complexity index is 705. The van der Waals surface area contributed by atoms with Crippen LogP contribution in [0.5, 0.6) is 0 Å². The molecule has 1 aromatic carbocycles. The maximum Gasteiger partial charge on any atom is 0.193 e. The Kier molecular flexibility index (Phi) is 3.21. The molecular weight excluding hydrogens is 262 g/mol. The van der Waals surface area contributed by atoms with Crippen LogP contribution in [0.25, 0.3) is 10.8 Å². The van der Waals surface area contributed by atoms with E-state index in [-0.39, 0.29) is 6.04 Å². The van der Waals surface area contributed by atoms with E-state index >= 15 is 0 Å². The number of nitrogens with one attached hydrogen (secondary N) is 1. The fourth-order valence-corrected chi connectivity index (χ4v) is 2.33. The average Bonchev–Trinajstić information content (AvgIpc) is 2.86. The zero-order valence-corrected chi connectivity index (χ0v) is 10.8. The fourth-order valence-electron chi connectivity index (χ4n) is 2.18. The SMILES string of the molecule is NNC(c1ccc(Cl)o1)c1cncc2ccccc12. The highest BCUT2D eigenvalue weighted by atomic mass is 35.5. The highest BCUT2D eigenvalue weighted by molar-refractivity contribution is 6.28. The number of pyridine rings is 1. The zero-order chi connectivity index (χ0) is 13.2. The molecule has 0 amide bonds. The van der Waals surface area contributed by atoms with Gasteiger partial charge < -0.3 is 4.42 Å². The normalized spacial score (nSPS) is 12.7. The van der Waals surface area contributed by atoms with Crippen LogP contribution in [0.4, 0.5) is 0 Å². The molecule has 4 nitrogen and oxygen atoms in total. The number of hydrogen-bond donors (Lipinski definition) is 2. The summed E-state index contributed by atoms with van der Waals surface area (Å²) in [6.45, 7) is 0. The van der Waals surface area contributed by atoms with Gasteiger partial charge in [-0.15, -0.1) is 0 Å². The molecule has 3 N–H and O–H groups in total. The quantitative estimate of drug-likeness (QED) is 0.569. The van der Waals surface area contributed by atoms with Gasteiger partial charge in [-0.2, -0.15) is 0 Å². The summed E-state index contributed by atoms with van der Waals surface area (Å²) < 4.78 is 5.44. The van der Waals surface area contributed by atoms with Crippen molar-refractivity contribution in [1.82, 2.24) is 10.4 Å². The Hall–Kier alpha value is -1.88. The zero-order valence-electron chi connectivity index (χ0n) is 10.0. The number of fused-ring (bicyclic) bond motifs is 1. The second-order valence-electron chi connectivity index (χ2n) is 4.19. The first-order valence-electron chi connectivity index (χ1n) is 5.83. The van der Waals surface area contributed by atoms with Crippen molar-refractivity contribution in [3.63, 3.8) is 0 Å². The Morgan fingerprint density at radius 2 is 2.00 bits per heavy atom. The summed E-state index contributed by atoms with van der Waals surface area (Å²) in [5.74, 6) is 6.31. The van der Waals surface area contributed by atoms with Gasteiger partial charge in [-0.1, -0.05) is 24.3 Å². The van der Waals surface area contributed by atoms with Gasteiger partial charge in [0.15, 0.2) is 5.22 Å². The molecule has 2 heterocycles. The molecule has 0 aliphatic carbocycles. The van der Waals surface area contributed by atoms with E-state index in [9.17, 15) is 0 Å². The molecule has 5 heteroatoms. The minimum Gasteiger partial charge on any atom is -0.448 e. The molecule has 0 saturated carbocycles. The van der Waals surface area contributed by atoms with Gasteiger partial charge in [0.25, 0.3) is 0 Å². The molecule has 0 fully saturated rings. The minimum atomic E-state index is -0.286. The summed E-state index contributed by atoms with van der Waals surface area (Å²) >= 11 is 5.82. The van der Waals surface area contributed by atoms with Gasteiger partial charge in [0.2, 0.25) is 0 Å². The maximum absolute atomic E-state index is 5.82. The van der Waals surface area contributed by atoms with Crippen LogP contribution in [0.2, 0.25) is 5.22 Å². The van der Waals surface area contributed by atoms with Gasteiger partial charge in [-0.3, -0.25) is 10.8 Å². The van der Waals surface area contributed by atoms with E-state index in [0.29, 0.717) is 11.0 Å². The van der Waals surface area contributed by atoms with Crippen molar-refractivity contribution < 1.29 is 4.42 Å². The van der Waals surface area contributed by atoms with Gasteiger partial charge in [0.1, 0.15) is 11.8 Å². The van der Waals surface area contributed by atoms with Gasteiger partial charge in [-0.05, 0) is 29.1 Å². The van der Waals surface area contributed by atoms with E-state index < -0.39 is 0 Å². The molecule has 0 radical (unpaired) electrons. The van der Waals surface area contributed by atoms with Crippen LogP contribution >= 0.6 is 11.6 Å². The lowest BCUT2D eigenvalue weighted by Gasteiger charge is -2.15. The number of hydrogen-bond acceptors (Lipinski definition) is 4. The van der Waals surface area contributed by atoms with E-state index in [1.807, 2.05) is 30.5 Å². The first kappa shape index (κ1) is 12.2. The predicted octanol–water partition coefficient (Wildman–Crippen LogP) is 3.03. The summed E-state index contributed by atoms with van der Waals surface area (Å²) in [7, 11) is 0. The monoisotopic (exact) mass is 273 g/mol. The number of aromatic nitrogens is 1. The molecule has 0 bridgehead atoms. The summed E-state index contributed by atoms with van der Waals surface area (Å²) in [5.41, 5.74) is 3.70. The number of hydrazine groups is 1. The van der Waals surface area contributed by atoms with Crippen molar-refractivity contribution in [2.24, 2.45) is 5.84 Å². The molecule has 19 heavy (non-hydrogen) atoms. The first-order valence-corrected chi connectivity index (χ1v) is 6.21. The molecule has 0 spiro atoms. The van der Waals surface area contributed by atoms with Crippen LogP contribution in [0.1, 0.15) is 17.4 Å². The number of nitrogens with two attached hydrogens (primary N) is 1. The fraction of sp³-hybridized carbons (Fsp3) is 0.0714. The van der Waals surface area contributed by atoms with E-state index in [1.165, 1.54) is 0 Å². The van der Waals surface area contributed by atoms with Gasteiger partial charge in [-0.25, -0.2) is 5.43 Å². The molecule has 3 rings (SSSR count). The third kappa shape index (κ3) is 2.21. The average molecular weight is 274 g/mol. The number of furan rings is 1. The Morgan fingerprint density at radius 1 is 1.16 bits per heavy atom. The van der Waals surface area contributed by atoms with Crippen molar-refractivity contribution in [3.05, 3.63) is 65.3 Å². The summed E-state index contributed by atoms with van der Waals surface area (Å²) in [6, 6.07) is 11.2. The Labute approximate surface area is 115 Å². The molecule has 1 atom stereocenters. The standard InChI is InChI=1S/C14H12ClN3O/c15-13-6-5-12(19-13)14(18-16)11-8-17-7-9-3-1-2-4-10(9)11/h1-8,14,18H,16H2. The van der Waals surface area contributed by atoms with E-state index in [0.717, 1.165) is 16.3 Å². The topological polar surface area (TPSA) is 64.1 Å². The smallest absolute Gasteiger partial charge is 0.193 e. The molecule has 0 saturated heterocycles. The van der Waals surface area contributed by atoms with Crippen LogP contribution in [-0.4, -0.2) is 4.98 Å². The van der Waals surface area contributed by atoms with Crippen molar-refractivity contribution in [3.8, 4) is 0 Å². The third-order valence-electron chi connectivity index (χ3n) is 3.06. The second-order valence-corrected chi connectivity index (χ2v) is 4.56. The summed E-state index contributed by atoms with van der Waals surface area (Å²) in [5, 5.41) is 2.47. The van der Waals surface area contributed by atoms with Crippen LogP contribution in [0, 0.1) is 0 Å². The van der Waals surface area contributed by atoms with Crippen molar-refractivity contribution in [1.29, 1.82) is 0 Å². The number of halogens is 1. The highest BCUT2D eigenvalue weighted by Gasteiger charge is 2.18. The lowest BCUT2D eigenvalue weighted by Crippen LogP contribution is -2.28. The van der Waals surface area contributed by atoms with Crippen LogP contribution in [0.15, 0.2) is 53.2 Å². The van der Waals surface area contributed by atoms with Crippen LogP contribution in [0.3, 0.4) is 0 Å². The Balaban J connectivity index is 2.16. The van der Waals surface area contributed by atoms with Crippen molar-refractivity contribution in [2.75, 3.05) is 0 Å². The molecule has 0 aliphatic rings. The highest BCUT2D eigenvalue weighted by Crippen LogP contribution is 2.29. The Morgan fingerprint density at radius 3 is 2.74 bits per heavy atom. The van der Waals surface area contributed by atoms with E-state index in [2.05, 4.69) is 10.4 Å². The van der Waals surface area contributed by atoms with Crippen molar-refractivity contribution >= 4 is 22.4 Å². The van der Waals surface area contributed by atoms with Gasteiger partial charge in [0.05, 0.1) is 0 Å². The molecule has 0 aliphatic heterocycles. The molecule has 96 valence electrons. The van der Waals surface area contributed by atoms with Gasteiger partial charge in [0, 0.05) is 23.3 Å². The second kappa shape index (κ2) is 5.01. The van der Waals surface area contributed by atoms with Gasteiger partial charge >= 0.3 is 0 Å². The molecule has 2 aromatic heterocycles. The molecule has 3 aromatic rings. The first-order chi connectivity index (χ1) is 9.29. The van der Waals surface area contributed by atoms with E-state index in [4.69, 9.17) is 21.9 Å². The molecule has 1 unspecified atom stereocenters. The summed E-state index contributed by atoms with van der Waals surface area (Å²) in [4.78, 5) is 4.24. The predicted molar refractivity (Wildman–Crippen MR) is 74.6 cm³/mol. The lowest BCUT2D eigenvalue weighted by atomic mass is 10.0. The van der Waals surface area contributed by atoms with Crippen LogP contribution in [-0.2, 0) is 0 Å².